The Hall–Kier alpha value is -2.35. The number of aromatic nitrogens is 3. The van der Waals surface area contributed by atoms with Crippen LogP contribution in [0.5, 0.6) is 0 Å². The van der Waals surface area contributed by atoms with Crippen LogP contribution in [0.25, 0.3) is 0 Å². The average molecular weight is 331 g/mol. The molecular formula is C15H17N5O2S. The van der Waals surface area contributed by atoms with E-state index in [0.29, 0.717) is 30.9 Å². The van der Waals surface area contributed by atoms with Crippen LogP contribution >= 0.6 is 11.7 Å². The van der Waals surface area contributed by atoms with E-state index in [9.17, 15) is 9.59 Å². The molecule has 1 aliphatic rings. The lowest BCUT2D eigenvalue weighted by molar-refractivity contribution is -0.119. The van der Waals surface area contributed by atoms with Crippen LogP contribution in [0.15, 0.2) is 24.5 Å². The van der Waals surface area contributed by atoms with Crippen molar-refractivity contribution in [2.45, 2.75) is 32.4 Å². The molecule has 2 aromatic rings. The lowest BCUT2D eigenvalue weighted by atomic mass is 10.1. The first kappa shape index (κ1) is 15.5. The van der Waals surface area contributed by atoms with E-state index in [2.05, 4.69) is 19.0 Å². The van der Waals surface area contributed by atoms with Crippen LogP contribution in [0, 0.1) is 6.92 Å². The summed E-state index contributed by atoms with van der Waals surface area (Å²) in [5, 5.41) is 2.91. The van der Waals surface area contributed by atoms with E-state index in [1.54, 1.807) is 24.2 Å². The molecule has 0 radical (unpaired) electrons. The molecule has 0 bridgehead atoms. The number of hydrogen-bond acceptors (Lipinski definition) is 6. The molecule has 3 rings (SSSR count). The van der Waals surface area contributed by atoms with Crippen molar-refractivity contribution >= 4 is 23.5 Å². The molecule has 3 heterocycles. The second kappa shape index (κ2) is 6.82. The maximum Gasteiger partial charge on any atom is 0.275 e. The Morgan fingerprint density at radius 3 is 2.78 bits per heavy atom. The summed E-state index contributed by atoms with van der Waals surface area (Å²) >= 11 is 1.03. The highest BCUT2D eigenvalue weighted by Crippen LogP contribution is 2.15. The molecule has 2 amide bonds. The molecule has 1 N–H and O–H groups in total. The maximum absolute atomic E-state index is 12.8. The molecule has 1 fully saturated rings. The number of amides is 2. The number of rotatable bonds is 5. The van der Waals surface area contributed by atoms with Crippen molar-refractivity contribution in [2.24, 2.45) is 0 Å². The zero-order chi connectivity index (χ0) is 16.2. The molecule has 120 valence electrons. The van der Waals surface area contributed by atoms with E-state index < -0.39 is 0 Å². The monoisotopic (exact) mass is 331 g/mol. The molecule has 0 spiro atoms. The Morgan fingerprint density at radius 2 is 2.17 bits per heavy atom. The van der Waals surface area contributed by atoms with Gasteiger partial charge in [0.15, 0.2) is 5.69 Å². The molecule has 2 aromatic heterocycles. The summed E-state index contributed by atoms with van der Waals surface area (Å²) in [7, 11) is 0. The predicted octanol–water partition coefficient (Wildman–Crippen LogP) is 1.16. The van der Waals surface area contributed by atoms with Crippen molar-refractivity contribution in [2.75, 3.05) is 6.54 Å². The standard InChI is InChI=1S/C15H17N5O2S/c1-10-14(19-23-18-10)15(22)20(8-11-4-6-16-7-5-11)9-12-2-3-13(21)17-12/h4-7,12H,2-3,8-9H2,1H3,(H,17,21)/t12-/m0/s1. The molecule has 23 heavy (non-hydrogen) atoms. The predicted molar refractivity (Wildman–Crippen MR) is 84.8 cm³/mol. The Bertz CT molecular complexity index is 703. The first-order chi connectivity index (χ1) is 11.1. The van der Waals surface area contributed by atoms with Gasteiger partial charge in [-0.3, -0.25) is 14.6 Å². The van der Waals surface area contributed by atoms with Gasteiger partial charge in [-0.1, -0.05) is 0 Å². The minimum atomic E-state index is -0.158. The normalized spacial score (nSPS) is 17.1. The fourth-order valence-corrected chi connectivity index (χ4v) is 3.13. The van der Waals surface area contributed by atoms with Gasteiger partial charge >= 0.3 is 0 Å². The van der Waals surface area contributed by atoms with Crippen molar-refractivity contribution in [3.8, 4) is 0 Å². The first-order valence-electron chi connectivity index (χ1n) is 7.40. The summed E-state index contributed by atoms with van der Waals surface area (Å²) in [5.74, 6) is -0.118. The number of carbonyl (C=O) groups is 2. The molecule has 7 nitrogen and oxygen atoms in total. The number of nitrogens with zero attached hydrogens (tertiary/aromatic N) is 4. The van der Waals surface area contributed by atoms with Gasteiger partial charge < -0.3 is 10.2 Å². The summed E-state index contributed by atoms with van der Waals surface area (Å²) in [6.07, 6.45) is 4.66. The second-order valence-electron chi connectivity index (χ2n) is 5.54. The SMILES string of the molecule is Cc1nsnc1C(=O)N(Cc1ccncc1)C[C@@H]1CCC(=O)N1. The molecule has 0 aliphatic carbocycles. The largest absolute Gasteiger partial charge is 0.352 e. The van der Waals surface area contributed by atoms with Crippen molar-refractivity contribution < 1.29 is 9.59 Å². The van der Waals surface area contributed by atoms with Gasteiger partial charge in [0.1, 0.15) is 0 Å². The van der Waals surface area contributed by atoms with Crippen LogP contribution in [0.3, 0.4) is 0 Å². The van der Waals surface area contributed by atoms with Gasteiger partial charge in [0.25, 0.3) is 5.91 Å². The summed E-state index contributed by atoms with van der Waals surface area (Å²) in [6, 6.07) is 3.74. The van der Waals surface area contributed by atoms with Gasteiger partial charge in [0.2, 0.25) is 5.91 Å². The smallest absolute Gasteiger partial charge is 0.275 e. The van der Waals surface area contributed by atoms with Crippen LogP contribution in [0.4, 0.5) is 0 Å². The summed E-state index contributed by atoms with van der Waals surface area (Å²) < 4.78 is 8.18. The quantitative estimate of drug-likeness (QED) is 0.888. The van der Waals surface area contributed by atoms with Gasteiger partial charge in [-0.25, -0.2) is 0 Å². The molecule has 8 heteroatoms. The van der Waals surface area contributed by atoms with Gasteiger partial charge in [0, 0.05) is 37.9 Å². The summed E-state index contributed by atoms with van der Waals surface area (Å²) in [6.45, 7) is 2.69. The zero-order valence-corrected chi connectivity index (χ0v) is 13.5. The highest BCUT2D eigenvalue weighted by molar-refractivity contribution is 6.99. The molecule has 1 aliphatic heterocycles. The lowest BCUT2D eigenvalue weighted by Crippen LogP contribution is -2.41. The number of nitrogens with one attached hydrogen (secondary N) is 1. The first-order valence-corrected chi connectivity index (χ1v) is 8.13. The second-order valence-corrected chi connectivity index (χ2v) is 6.07. The zero-order valence-electron chi connectivity index (χ0n) is 12.7. The summed E-state index contributed by atoms with van der Waals surface area (Å²) in [5.41, 5.74) is 2.00. The van der Waals surface area contributed by atoms with Gasteiger partial charge in [0.05, 0.1) is 17.4 Å². The highest BCUT2D eigenvalue weighted by Gasteiger charge is 2.27. The lowest BCUT2D eigenvalue weighted by Gasteiger charge is -2.25. The molecule has 0 unspecified atom stereocenters. The van der Waals surface area contributed by atoms with Crippen LogP contribution in [-0.4, -0.2) is 43.0 Å². The molecule has 1 saturated heterocycles. The molecular weight excluding hydrogens is 314 g/mol. The maximum atomic E-state index is 12.8. The number of hydrogen-bond donors (Lipinski definition) is 1. The van der Waals surface area contributed by atoms with Crippen molar-refractivity contribution in [1.82, 2.24) is 23.9 Å². The Balaban J connectivity index is 1.79. The van der Waals surface area contributed by atoms with E-state index in [1.165, 1.54) is 0 Å². The van der Waals surface area contributed by atoms with E-state index in [0.717, 1.165) is 23.7 Å². The van der Waals surface area contributed by atoms with E-state index >= 15 is 0 Å². The third-order valence-electron chi connectivity index (χ3n) is 3.79. The minimum absolute atomic E-state index is 0.0137. The number of aryl methyl sites for hydroxylation is 1. The van der Waals surface area contributed by atoms with Crippen molar-refractivity contribution in [3.05, 3.63) is 41.5 Å². The Morgan fingerprint density at radius 1 is 1.39 bits per heavy atom. The van der Waals surface area contributed by atoms with Crippen molar-refractivity contribution in [3.63, 3.8) is 0 Å². The fraction of sp³-hybridized carbons (Fsp3) is 0.400. The van der Waals surface area contributed by atoms with Crippen molar-refractivity contribution in [1.29, 1.82) is 0 Å². The van der Waals surface area contributed by atoms with Crippen LogP contribution in [0.2, 0.25) is 0 Å². The topological polar surface area (TPSA) is 88.1 Å². The molecule has 0 saturated carbocycles. The van der Waals surface area contributed by atoms with E-state index in [-0.39, 0.29) is 17.9 Å². The average Bonchev–Trinajstić information content (AvgIpc) is 3.15. The van der Waals surface area contributed by atoms with Crippen LogP contribution < -0.4 is 5.32 Å². The highest BCUT2D eigenvalue weighted by atomic mass is 32.1. The third-order valence-corrected chi connectivity index (χ3v) is 4.41. The van der Waals surface area contributed by atoms with Crippen LogP contribution in [0.1, 0.15) is 34.6 Å². The molecule has 1 atom stereocenters. The van der Waals surface area contributed by atoms with E-state index in [4.69, 9.17) is 0 Å². The number of pyridine rings is 1. The van der Waals surface area contributed by atoms with E-state index in [1.807, 2.05) is 12.1 Å². The van der Waals surface area contributed by atoms with Gasteiger partial charge in [-0.2, -0.15) is 8.75 Å². The van der Waals surface area contributed by atoms with Crippen LogP contribution in [-0.2, 0) is 11.3 Å². The Labute approximate surface area is 138 Å². The fourth-order valence-electron chi connectivity index (χ4n) is 2.58. The minimum Gasteiger partial charge on any atom is -0.352 e. The summed E-state index contributed by atoms with van der Waals surface area (Å²) in [4.78, 5) is 29.9. The number of carbonyl (C=O) groups excluding carboxylic acids is 2. The Kier molecular flexibility index (Phi) is 4.61. The van der Waals surface area contributed by atoms with Gasteiger partial charge in [-0.15, -0.1) is 0 Å². The van der Waals surface area contributed by atoms with Gasteiger partial charge in [-0.05, 0) is 31.0 Å². The third kappa shape index (κ3) is 3.70. The molecule has 0 aromatic carbocycles.